The highest BCUT2D eigenvalue weighted by molar-refractivity contribution is 5.74. The molecule has 6 nitrogen and oxygen atoms in total. The minimum Gasteiger partial charge on any atom is -0.393 e. The van der Waals surface area contributed by atoms with Gasteiger partial charge in [0.15, 0.2) is 0 Å². The van der Waals surface area contributed by atoms with E-state index in [2.05, 4.69) is 27.6 Å². The molecule has 2 aromatic rings. The fourth-order valence-electron chi connectivity index (χ4n) is 3.79. The van der Waals surface area contributed by atoms with Crippen LogP contribution in [0.15, 0.2) is 30.3 Å². The summed E-state index contributed by atoms with van der Waals surface area (Å²) in [4.78, 5) is 14.3. The third kappa shape index (κ3) is 5.10. The number of amides is 2. The van der Waals surface area contributed by atoms with Gasteiger partial charge in [-0.05, 0) is 51.0 Å². The van der Waals surface area contributed by atoms with E-state index in [4.69, 9.17) is 0 Å². The number of H-pyrrole nitrogens is 1. The second kappa shape index (κ2) is 9.04. The molecular formula is C21H30N4O2. The summed E-state index contributed by atoms with van der Waals surface area (Å²) in [5.74, 6) is 0.274. The molecule has 1 saturated heterocycles. The van der Waals surface area contributed by atoms with Crippen molar-refractivity contribution in [1.29, 1.82) is 0 Å². The van der Waals surface area contributed by atoms with Crippen LogP contribution in [0.4, 0.5) is 4.79 Å². The number of rotatable bonds is 6. The van der Waals surface area contributed by atoms with Crippen LogP contribution in [-0.2, 0) is 13.0 Å². The lowest BCUT2D eigenvalue weighted by molar-refractivity contribution is 0.0610. The van der Waals surface area contributed by atoms with Crippen molar-refractivity contribution in [2.75, 3.05) is 13.1 Å². The van der Waals surface area contributed by atoms with Gasteiger partial charge in [0.25, 0.3) is 0 Å². The first-order valence-corrected chi connectivity index (χ1v) is 9.80. The van der Waals surface area contributed by atoms with Crippen molar-refractivity contribution in [2.24, 2.45) is 5.92 Å². The van der Waals surface area contributed by atoms with Gasteiger partial charge in [-0.3, -0.25) is 5.10 Å². The van der Waals surface area contributed by atoms with Gasteiger partial charge >= 0.3 is 6.03 Å². The summed E-state index contributed by atoms with van der Waals surface area (Å²) in [7, 11) is 0. The van der Waals surface area contributed by atoms with Crippen LogP contribution in [0, 0.1) is 19.8 Å². The molecule has 3 rings (SSSR count). The van der Waals surface area contributed by atoms with Gasteiger partial charge < -0.3 is 15.3 Å². The highest BCUT2D eigenvalue weighted by atomic mass is 16.3. The monoisotopic (exact) mass is 370 g/mol. The van der Waals surface area contributed by atoms with Crippen molar-refractivity contribution in [3.05, 3.63) is 52.8 Å². The molecule has 1 aliphatic heterocycles. The first-order valence-electron chi connectivity index (χ1n) is 9.80. The quantitative estimate of drug-likeness (QED) is 0.731. The smallest absolute Gasteiger partial charge is 0.317 e. The van der Waals surface area contributed by atoms with Gasteiger partial charge in [-0.2, -0.15) is 5.10 Å². The Kier molecular flexibility index (Phi) is 6.50. The highest BCUT2D eigenvalue weighted by Crippen LogP contribution is 2.23. The summed E-state index contributed by atoms with van der Waals surface area (Å²) in [5.41, 5.74) is 4.23. The molecule has 1 aromatic heterocycles. The van der Waals surface area contributed by atoms with Gasteiger partial charge in [0.2, 0.25) is 0 Å². The fraction of sp³-hybridized carbons (Fsp3) is 0.524. The molecule has 1 atom stereocenters. The molecule has 3 N–H and O–H groups in total. The Morgan fingerprint density at radius 3 is 2.63 bits per heavy atom. The van der Waals surface area contributed by atoms with Crippen LogP contribution < -0.4 is 5.32 Å². The molecule has 0 saturated carbocycles. The highest BCUT2D eigenvalue weighted by Gasteiger charge is 2.27. The Bertz CT molecular complexity index is 716. The molecule has 1 aliphatic rings. The molecule has 146 valence electrons. The zero-order valence-corrected chi connectivity index (χ0v) is 16.2. The topological polar surface area (TPSA) is 81.2 Å². The van der Waals surface area contributed by atoms with E-state index in [1.807, 2.05) is 36.9 Å². The van der Waals surface area contributed by atoms with E-state index in [9.17, 15) is 9.90 Å². The lowest BCUT2D eigenvalue weighted by atomic mass is 9.88. The van der Waals surface area contributed by atoms with E-state index in [0.717, 1.165) is 42.6 Å². The number of aliphatic hydroxyl groups is 1. The lowest BCUT2D eigenvalue weighted by Crippen LogP contribution is -2.45. The molecule has 2 amide bonds. The second-order valence-electron chi connectivity index (χ2n) is 7.49. The number of carbonyl (C=O) groups excluding carboxylic acids is 1. The maximum atomic E-state index is 12.4. The van der Waals surface area contributed by atoms with E-state index in [-0.39, 0.29) is 18.1 Å². The molecule has 0 bridgehead atoms. The number of aryl methyl sites for hydroxylation is 3. The van der Waals surface area contributed by atoms with E-state index in [1.165, 1.54) is 5.56 Å². The average Bonchev–Trinajstić information content (AvgIpc) is 3.02. The van der Waals surface area contributed by atoms with Gasteiger partial charge in [0.05, 0.1) is 11.8 Å². The van der Waals surface area contributed by atoms with E-state index < -0.39 is 0 Å². The normalized spacial score (nSPS) is 16.3. The van der Waals surface area contributed by atoms with Crippen molar-refractivity contribution >= 4 is 6.03 Å². The Balaban J connectivity index is 1.40. The molecule has 0 aliphatic carbocycles. The number of aliphatic hydroxyl groups excluding tert-OH is 1. The summed E-state index contributed by atoms with van der Waals surface area (Å²) in [6, 6.07) is 10.2. The zero-order chi connectivity index (χ0) is 19.2. The first kappa shape index (κ1) is 19.4. The number of nitrogens with one attached hydrogen (secondary N) is 2. The summed E-state index contributed by atoms with van der Waals surface area (Å²) < 4.78 is 0. The predicted octanol–water partition coefficient (Wildman–Crippen LogP) is 2.94. The molecule has 6 heteroatoms. The van der Waals surface area contributed by atoms with Crippen LogP contribution in [0.2, 0.25) is 0 Å². The maximum Gasteiger partial charge on any atom is 0.317 e. The molecule has 27 heavy (non-hydrogen) atoms. The Labute approximate surface area is 161 Å². The standard InChI is InChI=1S/C21H30N4O2/c1-15-19(16(2)24-23-15)14-22-21(27)25-12-10-18(11-13-25)20(26)9-8-17-6-4-3-5-7-17/h3-7,18,20,26H,8-14H2,1-2H3,(H,22,27)(H,23,24). The third-order valence-electron chi connectivity index (χ3n) is 5.64. The van der Waals surface area contributed by atoms with Crippen molar-refractivity contribution in [3.63, 3.8) is 0 Å². The van der Waals surface area contributed by atoms with Gasteiger partial charge in [0.1, 0.15) is 0 Å². The number of likely N-dealkylation sites (tertiary alicyclic amines) is 1. The fourth-order valence-corrected chi connectivity index (χ4v) is 3.79. The van der Waals surface area contributed by atoms with Crippen molar-refractivity contribution in [2.45, 2.75) is 52.2 Å². The number of hydrogen-bond donors (Lipinski definition) is 3. The number of urea groups is 1. The first-order chi connectivity index (χ1) is 13.0. The number of carbonyl (C=O) groups is 1. The number of aromatic amines is 1. The number of hydrogen-bond acceptors (Lipinski definition) is 3. The van der Waals surface area contributed by atoms with Crippen LogP contribution in [0.5, 0.6) is 0 Å². The number of piperidine rings is 1. The summed E-state index contributed by atoms with van der Waals surface area (Å²) in [6.07, 6.45) is 3.08. The number of aromatic nitrogens is 2. The van der Waals surface area contributed by atoms with Crippen LogP contribution in [0.3, 0.4) is 0 Å². The van der Waals surface area contributed by atoms with Crippen LogP contribution in [0.1, 0.15) is 41.8 Å². The molecule has 2 heterocycles. The second-order valence-corrected chi connectivity index (χ2v) is 7.49. The molecule has 1 unspecified atom stereocenters. The molecule has 0 spiro atoms. The summed E-state index contributed by atoms with van der Waals surface area (Å²) >= 11 is 0. The summed E-state index contributed by atoms with van der Waals surface area (Å²) in [6.45, 7) is 5.79. The molecule has 1 fully saturated rings. The van der Waals surface area contributed by atoms with E-state index >= 15 is 0 Å². The van der Waals surface area contributed by atoms with Gasteiger partial charge in [-0.1, -0.05) is 30.3 Å². The maximum absolute atomic E-state index is 12.4. The third-order valence-corrected chi connectivity index (χ3v) is 5.64. The zero-order valence-electron chi connectivity index (χ0n) is 16.2. The lowest BCUT2D eigenvalue weighted by Gasteiger charge is -2.34. The summed E-state index contributed by atoms with van der Waals surface area (Å²) in [5, 5.41) is 20.6. The van der Waals surface area contributed by atoms with Crippen LogP contribution in [-0.4, -0.2) is 45.4 Å². The predicted molar refractivity (Wildman–Crippen MR) is 105 cm³/mol. The van der Waals surface area contributed by atoms with Crippen LogP contribution >= 0.6 is 0 Å². The molecule has 0 radical (unpaired) electrons. The minimum atomic E-state index is -0.299. The Hall–Kier alpha value is -2.34. The minimum absolute atomic E-state index is 0.0350. The van der Waals surface area contributed by atoms with Gasteiger partial charge in [-0.25, -0.2) is 4.79 Å². The Morgan fingerprint density at radius 1 is 1.30 bits per heavy atom. The van der Waals surface area contributed by atoms with Crippen molar-refractivity contribution in [1.82, 2.24) is 20.4 Å². The van der Waals surface area contributed by atoms with Gasteiger partial charge in [-0.15, -0.1) is 0 Å². The molecular weight excluding hydrogens is 340 g/mol. The largest absolute Gasteiger partial charge is 0.393 e. The van der Waals surface area contributed by atoms with Crippen LogP contribution in [0.25, 0.3) is 0 Å². The average molecular weight is 370 g/mol. The SMILES string of the molecule is Cc1n[nH]c(C)c1CNC(=O)N1CCC(C(O)CCc2ccccc2)CC1. The van der Waals surface area contributed by atoms with E-state index in [1.54, 1.807) is 0 Å². The number of nitrogens with zero attached hydrogens (tertiary/aromatic N) is 2. The Morgan fingerprint density at radius 2 is 2.00 bits per heavy atom. The van der Waals surface area contributed by atoms with Gasteiger partial charge in [0, 0.05) is 30.9 Å². The van der Waals surface area contributed by atoms with Crippen molar-refractivity contribution < 1.29 is 9.90 Å². The number of benzene rings is 1. The molecule has 1 aromatic carbocycles. The van der Waals surface area contributed by atoms with Crippen molar-refractivity contribution in [3.8, 4) is 0 Å². The van der Waals surface area contributed by atoms with E-state index in [0.29, 0.717) is 19.6 Å².